The predicted octanol–water partition coefficient (Wildman–Crippen LogP) is 3.07. The first-order valence-corrected chi connectivity index (χ1v) is 8.15. The van der Waals surface area contributed by atoms with Crippen molar-refractivity contribution in [3.05, 3.63) is 12.3 Å². The van der Waals surface area contributed by atoms with Gasteiger partial charge in [-0.3, -0.25) is 0 Å². The molecule has 1 unspecified atom stereocenters. The Kier molecular flexibility index (Phi) is 2.99. The molecular weight excluding hydrogens is 162 g/mol. The van der Waals surface area contributed by atoms with E-state index in [9.17, 15) is 0 Å². The van der Waals surface area contributed by atoms with Gasteiger partial charge in [0.25, 0.3) is 0 Å². The number of hydrogen-bond acceptors (Lipinski definition) is 1. The molecule has 0 N–H and O–H groups in total. The van der Waals surface area contributed by atoms with Gasteiger partial charge in [0.2, 0.25) is 0 Å². The lowest BCUT2D eigenvalue weighted by Crippen LogP contribution is -2.38. The molecule has 70 valence electrons. The topological polar surface area (TPSA) is 3.24 Å². The van der Waals surface area contributed by atoms with Crippen LogP contribution in [0.25, 0.3) is 0 Å². The molecule has 1 rings (SSSR count). The fraction of sp³-hybridized carbons (Fsp3) is 0.800. The molecule has 0 radical (unpaired) electrons. The van der Waals surface area contributed by atoms with Crippen LogP contribution in [0.4, 0.5) is 0 Å². The summed E-state index contributed by atoms with van der Waals surface area (Å²) in [7, 11) is -1.02. The van der Waals surface area contributed by atoms with Crippen molar-refractivity contribution >= 4 is 8.24 Å². The molecular formula is C10H21NSi. The summed E-state index contributed by atoms with van der Waals surface area (Å²) in [6.45, 7) is 10.8. The van der Waals surface area contributed by atoms with E-state index in [1.54, 1.807) is 0 Å². The second-order valence-corrected chi connectivity index (χ2v) is 9.17. The van der Waals surface area contributed by atoms with Gasteiger partial charge in [-0.15, -0.1) is 0 Å². The van der Waals surface area contributed by atoms with Crippen LogP contribution in [-0.2, 0) is 0 Å². The quantitative estimate of drug-likeness (QED) is 0.595. The fourth-order valence-corrected chi connectivity index (χ4v) is 5.50. The maximum Gasteiger partial charge on any atom is 0.150 e. The molecule has 1 aliphatic rings. The van der Waals surface area contributed by atoms with Gasteiger partial charge in [0.05, 0.1) is 0 Å². The van der Waals surface area contributed by atoms with Crippen LogP contribution in [0.15, 0.2) is 12.3 Å². The Balaban J connectivity index is 2.59. The van der Waals surface area contributed by atoms with Gasteiger partial charge in [0, 0.05) is 6.54 Å². The van der Waals surface area contributed by atoms with Gasteiger partial charge in [-0.1, -0.05) is 33.0 Å². The first kappa shape index (κ1) is 9.84. The van der Waals surface area contributed by atoms with Crippen molar-refractivity contribution in [2.75, 3.05) is 6.54 Å². The highest BCUT2D eigenvalue weighted by Crippen LogP contribution is 2.30. The minimum Gasteiger partial charge on any atom is -0.403 e. The van der Waals surface area contributed by atoms with Crippen LogP contribution >= 0.6 is 0 Å². The monoisotopic (exact) mass is 183 g/mol. The molecule has 0 bridgehead atoms. The maximum absolute atomic E-state index is 2.61. The smallest absolute Gasteiger partial charge is 0.150 e. The van der Waals surface area contributed by atoms with Crippen molar-refractivity contribution in [2.45, 2.75) is 39.4 Å². The zero-order chi connectivity index (χ0) is 9.19. The SMILES string of the molecule is CCC=CN1CC(C)C[Si]1(C)C. The average Bonchev–Trinajstić information content (AvgIpc) is 2.20. The van der Waals surface area contributed by atoms with Gasteiger partial charge < -0.3 is 4.57 Å². The van der Waals surface area contributed by atoms with Crippen LogP contribution < -0.4 is 0 Å². The Morgan fingerprint density at radius 2 is 2.17 bits per heavy atom. The van der Waals surface area contributed by atoms with Gasteiger partial charge in [-0.25, -0.2) is 0 Å². The third kappa shape index (κ3) is 2.13. The Morgan fingerprint density at radius 3 is 2.58 bits per heavy atom. The molecule has 1 aliphatic heterocycles. The summed E-state index contributed by atoms with van der Waals surface area (Å²) in [5.74, 6) is 0.910. The average molecular weight is 183 g/mol. The summed E-state index contributed by atoms with van der Waals surface area (Å²) in [6, 6.07) is 1.46. The predicted molar refractivity (Wildman–Crippen MR) is 57.6 cm³/mol. The fourth-order valence-electron chi connectivity index (χ4n) is 2.11. The molecule has 0 aromatic heterocycles. The van der Waals surface area contributed by atoms with E-state index >= 15 is 0 Å². The highest BCUT2D eigenvalue weighted by molar-refractivity contribution is 6.75. The third-order valence-electron chi connectivity index (χ3n) is 2.65. The van der Waals surface area contributed by atoms with Gasteiger partial charge in [-0.2, -0.15) is 0 Å². The molecule has 0 saturated carbocycles. The Bertz CT molecular complexity index is 175. The van der Waals surface area contributed by atoms with E-state index in [1.165, 1.54) is 12.6 Å². The standard InChI is InChI=1S/C10H21NSi/c1-5-6-7-11-8-10(2)9-12(11,3)4/h6-7,10H,5,8-9H2,1-4H3. The first-order valence-electron chi connectivity index (χ1n) is 4.99. The summed E-state index contributed by atoms with van der Waals surface area (Å²) >= 11 is 0. The van der Waals surface area contributed by atoms with Crippen LogP contribution in [0.3, 0.4) is 0 Å². The summed E-state index contributed by atoms with van der Waals surface area (Å²) in [4.78, 5) is 0. The molecule has 0 amide bonds. The van der Waals surface area contributed by atoms with E-state index in [0.717, 1.165) is 12.3 Å². The van der Waals surface area contributed by atoms with E-state index in [2.05, 4.69) is 43.8 Å². The zero-order valence-corrected chi connectivity index (χ0v) is 9.80. The summed E-state index contributed by atoms with van der Waals surface area (Å²) in [5, 5.41) is 0. The molecule has 0 aromatic rings. The van der Waals surface area contributed by atoms with Crippen molar-refractivity contribution < 1.29 is 0 Å². The number of rotatable bonds is 2. The second kappa shape index (κ2) is 3.65. The lowest BCUT2D eigenvalue weighted by molar-refractivity contribution is 0.525. The molecule has 1 saturated heterocycles. The summed E-state index contributed by atoms with van der Waals surface area (Å²) < 4.78 is 2.61. The molecule has 1 atom stereocenters. The summed E-state index contributed by atoms with van der Waals surface area (Å²) in [6.07, 6.45) is 5.78. The molecule has 1 nitrogen and oxygen atoms in total. The van der Waals surface area contributed by atoms with E-state index in [-0.39, 0.29) is 0 Å². The maximum atomic E-state index is 2.61. The second-order valence-electron chi connectivity index (χ2n) is 4.57. The van der Waals surface area contributed by atoms with Gasteiger partial charge >= 0.3 is 0 Å². The van der Waals surface area contributed by atoms with Crippen molar-refractivity contribution in [1.82, 2.24) is 4.57 Å². The Hall–Kier alpha value is -0.243. The molecule has 0 aliphatic carbocycles. The highest BCUT2D eigenvalue weighted by atomic mass is 28.3. The lowest BCUT2D eigenvalue weighted by atomic mass is 10.2. The van der Waals surface area contributed by atoms with Gasteiger partial charge in [-0.05, 0) is 24.6 Å². The minimum atomic E-state index is -1.02. The molecule has 0 spiro atoms. The van der Waals surface area contributed by atoms with Gasteiger partial charge in [0.1, 0.15) is 8.24 Å². The van der Waals surface area contributed by atoms with Gasteiger partial charge in [0.15, 0.2) is 0 Å². The number of hydrogen-bond donors (Lipinski definition) is 0. The van der Waals surface area contributed by atoms with Crippen molar-refractivity contribution in [2.24, 2.45) is 5.92 Å². The minimum absolute atomic E-state index is 0.910. The molecule has 12 heavy (non-hydrogen) atoms. The van der Waals surface area contributed by atoms with Crippen LogP contribution in [0.2, 0.25) is 19.1 Å². The molecule has 2 heteroatoms. The molecule has 1 heterocycles. The van der Waals surface area contributed by atoms with Crippen molar-refractivity contribution in [3.8, 4) is 0 Å². The number of allylic oxidation sites excluding steroid dienone is 1. The number of nitrogens with zero attached hydrogens (tertiary/aromatic N) is 1. The van der Waals surface area contributed by atoms with Crippen LogP contribution in [0.1, 0.15) is 20.3 Å². The normalized spacial score (nSPS) is 28.7. The molecule has 0 aromatic carbocycles. The van der Waals surface area contributed by atoms with E-state index in [4.69, 9.17) is 0 Å². The van der Waals surface area contributed by atoms with E-state index in [0.29, 0.717) is 0 Å². The Morgan fingerprint density at radius 1 is 1.50 bits per heavy atom. The first-order chi connectivity index (χ1) is 5.56. The largest absolute Gasteiger partial charge is 0.403 e. The van der Waals surface area contributed by atoms with Crippen LogP contribution in [-0.4, -0.2) is 19.3 Å². The molecule has 1 fully saturated rings. The highest BCUT2D eigenvalue weighted by Gasteiger charge is 2.36. The van der Waals surface area contributed by atoms with Crippen LogP contribution in [0.5, 0.6) is 0 Å². The van der Waals surface area contributed by atoms with Crippen molar-refractivity contribution in [1.29, 1.82) is 0 Å². The summed E-state index contributed by atoms with van der Waals surface area (Å²) in [5.41, 5.74) is 0. The third-order valence-corrected chi connectivity index (χ3v) is 6.24. The Labute approximate surface area is 77.5 Å². The zero-order valence-electron chi connectivity index (χ0n) is 8.80. The van der Waals surface area contributed by atoms with E-state index in [1.807, 2.05) is 0 Å². The van der Waals surface area contributed by atoms with E-state index < -0.39 is 8.24 Å². The lowest BCUT2D eigenvalue weighted by Gasteiger charge is -2.28. The van der Waals surface area contributed by atoms with Crippen LogP contribution in [0, 0.1) is 5.92 Å². The van der Waals surface area contributed by atoms with Crippen molar-refractivity contribution in [3.63, 3.8) is 0 Å².